The quantitative estimate of drug-likeness (QED) is 0.712. The zero-order valence-electron chi connectivity index (χ0n) is 16.1. The summed E-state index contributed by atoms with van der Waals surface area (Å²) >= 11 is 0. The van der Waals surface area contributed by atoms with E-state index in [4.69, 9.17) is 4.74 Å². The summed E-state index contributed by atoms with van der Waals surface area (Å²) in [4.78, 5) is 26.3. The van der Waals surface area contributed by atoms with Crippen LogP contribution in [0.5, 0.6) is 5.88 Å². The van der Waals surface area contributed by atoms with Gasteiger partial charge < -0.3 is 19.7 Å². The van der Waals surface area contributed by atoms with E-state index in [9.17, 15) is 9.90 Å². The molecule has 3 heterocycles. The number of likely N-dealkylation sites (tertiary alicyclic amines) is 1. The van der Waals surface area contributed by atoms with Crippen molar-refractivity contribution in [2.24, 2.45) is 0 Å². The van der Waals surface area contributed by atoms with Crippen molar-refractivity contribution >= 4 is 16.9 Å². The molecule has 7 nitrogen and oxygen atoms in total. The minimum absolute atomic E-state index is 0.0637. The summed E-state index contributed by atoms with van der Waals surface area (Å²) in [5.74, 6) is 1.29. The van der Waals surface area contributed by atoms with E-state index in [0.29, 0.717) is 30.7 Å². The Kier molecular flexibility index (Phi) is 4.67. The van der Waals surface area contributed by atoms with Crippen molar-refractivity contribution in [1.29, 1.82) is 0 Å². The Morgan fingerprint density at radius 1 is 1.10 bits per heavy atom. The summed E-state index contributed by atoms with van der Waals surface area (Å²) in [5, 5.41) is 9.77. The van der Waals surface area contributed by atoms with Crippen LogP contribution in [0.3, 0.4) is 0 Å². The van der Waals surface area contributed by atoms with E-state index in [1.807, 2.05) is 30.3 Å². The number of aromatic nitrogens is 3. The van der Waals surface area contributed by atoms with Crippen molar-refractivity contribution in [3.63, 3.8) is 0 Å². The fraction of sp³-hybridized carbons (Fsp3) is 0.409. The van der Waals surface area contributed by atoms with Gasteiger partial charge in [-0.15, -0.1) is 0 Å². The summed E-state index contributed by atoms with van der Waals surface area (Å²) in [6.45, 7) is 1.05. The van der Waals surface area contributed by atoms with Crippen LogP contribution in [0.4, 0.5) is 0 Å². The highest BCUT2D eigenvalue weighted by molar-refractivity contribution is 5.94. The maximum absolute atomic E-state index is 12.7. The van der Waals surface area contributed by atoms with Crippen LogP contribution in [0.2, 0.25) is 0 Å². The second-order valence-corrected chi connectivity index (χ2v) is 7.96. The van der Waals surface area contributed by atoms with Gasteiger partial charge in [0.1, 0.15) is 6.10 Å². The number of hydrogen-bond donors (Lipinski definition) is 2. The van der Waals surface area contributed by atoms with Crippen molar-refractivity contribution in [1.82, 2.24) is 19.9 Å². The Morgan fingerprint density at radius 3 is 2.69 bits per heavy atom. The Labute approximate surface area is 168 Å². The average molecular weight is 392 g/mol. The number of aromatic amines is 1. The molecule has 0 atom stereocenters. The molecule has 150 valence electrons. The molecule has 2 aliphatic rings. The zero-order valence-corrected chi connectivity index (χ0v) is 16.1. The molecule has 0 unspecified atom stereocenters. The number of hydrogen-bond acceptors (Lipinski definition) is 5. The van der Waals surface area contributed by atoms with E-state index in [1.165, 1.54) is 0 Å². The number of carbonyl (C=O) groups is 1. The molecular formula is C22H24N4O3. The van der Waals surface area contributed by atoms with Crippen LogP contribution in [0.1, 0.15) is 47.8 Å². The molecule has 1 saturated carbocycles. The third-order valence-corrected chi connectivity index (χ3v) is 5.94. The average Bonchev–Trinajstić information content (AvgIpc) is 3.15. The number of amides is 1. The molecule has 1 aliphatic heterocycles. The van der Waals surface area contributed by atoms with Crippen molar-refractivity contribution in [2.75, 3.05) is 13.1 Å². The monoisotopic (exact) mass is 392 g/mol. The SMILES string of the molecule is O=C(c1nc2ccccc2[nH]1)N1CC(Oc2ncccc2[C@H]2CC[C@H](O)CC2)C1. The predicted molar refractivity (Wildman–Crippen MR) is 108 cm³/mol. The Hall–Kier alpha value is -2.93. The number of nitrogens with zero attached hydrogens (tertiary/aromatic N) is 3. The largest absolute Gasteiger partial charge is 0.470 e. The molecule has 1 aliphatic carbocycles. The van der Waals surface area contributed by atoms with Gasteiger partial charge in [-0.1, -0.05) is 18.2 Å². The minimum atomic E-state index is -0.184. The molecular weight excluding hydrogens is 368 g/mol. The minimum Gasteiger partial charge on any atom is -0.470 e. The van der Waals surface area contributed by atoms with Crippen molar-refractivity contribution < 1.29 is 14.6 Å². The second kappa shape index (κ2) is 7.48. The standard InChI is InChI=1S/C22H24N4O3/c27-15-9-7-14(8-10-15)17-4-3-11-23-21(17)29-16-12-26(13-16)22(28)20-24-18-5-1-2-6-19(18)25-20/h1-6,11,14-16,27H,7-10,12-13H2,(H,24,25)/t14-,15-. The van der Waals surface area contributed by atoms with E-state index in [2.05, 4.69) is 21.0 Å². The summed E-state index contributed by atoms with van der Waals surface area (Å²) in [7, 11) is 0. The Balaban J connectivity index is 1.22. The van der Waals surface area contributed by atoms with Gasteiger partial charge in [-0.05, 0) is 49.8 Å². The van der Waals surface area contributed by atoms with Gasteiger partial charge in [-0.3, -0.25) is 4.79 Å². The lowest BCUT2D eigenvalue weighted by atomic mass is 9.83. The maximum atomic E-state index is 12.7. The van der Waals surface area contributed by atoms with Crippen LogP contribution in [0.15, 0.2) is 42.6 Å². The number of aliphatic hydroxyl groups is 1. The normalized spacial score (nSPS) is 22.4. The summed E-state index contributed by atoms with van der Waals surface area (Å²) in [6.07, 6.45) is 5.04. The van der Waals surface area contributed by atoms with Crippen molar-refractivity contribution in [3.8, 4) is 5.88 Å². The fourth-order valence-corrected chi connectivity index (χ4v) is 4.24. The molecule has 2 fully saturated rings. The van der Waals surface area contributed by atoms with Gasteiger partial charge in [-0.2, -0.15) is 0 Å². The molecule has 0 bridgehead atoms. The number of carbonyl (C=O) groups excluding carboxylic acids is 1. The summed E-state index contributed by atoms with van der Waals surface area (Å²) in [6, 6.07) is 11.6. The molecule has 2 aromatic heterocycles. The van der Waals surface area contributed by atoms with Crippen LogP contribution < -0.4 is 4.74 Å². The highest BCUT2D eigenvalue weighted by Crippen LogP contribution is 2.37. The smallest absolute Gasteiger partial charge is 0.289 e. The topological polar surface area (TPSA) is 91.3 Å². The fourth-order valence-electron chi connectivity index (χ4n) is 4.24. The molecule has 3 aromatic rings. The van der Waals surface area contributed by atoms with Crippen molar-refractivity contribution in [2.45, 2.75) is 43.8 Å². The maximum Gasteiger partial charge on any atom is 0.289 e. The lowest BCUT2D eigenvalue weighted by Gasteiger charge is -2.38. The third-order valence-electron chi connectivity index (χ3n) is 5.94. The molecule has 0 radical (unpaired) electrons. The highest BCUT2D eigenvalue weighted by atomic mass is 16.5. The van der Waals surface area contributed by atoms with E-state index >= 15 is 0 Å². The van der Waals surface area contributed by atoms with Crippen LogP contribution in [0, 0.1) is 0 Å². The lowest BCUT2D eigenvalue weighted by molar-refractivity contribution is 0.0144. The van der Waals surface area contributed by atoms with Crippen molar-refractivity contribution in [3.05, 3.63) is 54.0 Å². The molecule has 1 amide bonds. The molecule has 0 spiro atoms. The summed E-state index contributed by atoms with van der Waals surface area (Å²) in [5.41, 5.74) is 2.77. The molecule has 1 aromatic carbocycles. The number of H-pyrrole nitrogens is 1. The Bertz CT molecular complexity index is 987. The number of para-hydroxylation sites is 2. The number of imidazole rings is 1. The predicted octanol–water partition coefficient (Wildman–Crippen LogP) is 2.88. The first-order valence-corrected chi connectivity index (χ1v) is 10.2. The zero-order chi connectivity index (χ0) is 19.8. The lowest BCUT2D eigenvalue weighted by Crippen LogP contribution is -2.56. The first kappa shape index (κ1) is 18.1. The van der Waals surface area contributed by atoms with Gasteiger partial charge in [-0.25, -0.2) is 9.97 Å². The number of aliphatic hydroxyl groups excluding tert-OH is 1. The molecule has 5 rings (SSSR count). The number of pyridine rings is 1. The Morgan fingerprint density at radius 2 is 1.90 bits per heavy atom. The van der Waals surface area contributed by atoms with Gasteiger partial charge >= 0.3 is 0 Å². The number of rotatable bonds is 4. The molecule has 7 heteroatoms. The number of ether oxygens (including phenoxy) is 1. The van der Waals surface area contributed by atoms with Gasteiger partial charge in [0, 0.05) is 11.8 Å². The van der Waals surface area contributed by atoms with E-state index in [-0.39, 0.29) is 18.1 Å². The molecule has 2 N–H and O–H groups in total. The number of fused-ring (bicyclic) bond motifs is 1. The second-order valence-electron chi connectivity index (χ2n) is 7.96. The van der Waals surface area contributed by atoms with Gasteiger partial charge in [0.05, 0.1) is 30.2 Å². The molecule has 1 saturated heterocycles. The van der Waals surface area contributed by atoms with Crippen LogP contribution >= 0.6 is 0 Å². The van der Waals surface area contributed by atoms with Gasteiger partial charge in [0.25, 0.3) is 5.91 Å². The third kappa shape index (κ3) is 3.58. The van der Waals surface area contributed by atoms with Crippen LogP contribution in [-0.4, -0.2) is 56.2 Å². The van der Waals surface area contributed by atoms with Crippen LogP contribution in [-0.2, 0) is 0 Å². The highest BCUT2D eigenvalue weighted by Gasteiger charge is 2.35. The summed E-state index contributed by atoms with van der Waals surface area (Å²) < 4.78 is 6.14. The first-order chi connectivity index (χ1) is 14.2. The number of nitrogens with one attached hydrogen (secondary N) is 1. The molecule has 29 heavy (non-hydrogen) atoms. The number of benzene rings is 1. The van der Waals surface area contributed by atoms with E-state index in [1.54, 1.807) is 11.1 Å². The first-order valence-electron chi connectivity index (χ1n) is 10.2. The van der Waals surface area contributed by atoms with E-state index in [0.717, 1.165) is 42.3 Å². The van der Waals surface area contributed by atoms with Gasteiger partial charge in [0.2, 0.25) is 5.88 Å². The van der Waals surface area contributed by atoms with Gasteiger partial charge in [0.15, 0.2) is 5.82 Å². The van der Waals surface area contributed by atoms with E-state index < -0.39 is 0 Å². The van der Waals surface area contributed by atoms with Crippen LogP contribution in [0.25, 0.3) is 11.0 Å².